The molecule has 2 amide bonds. The molecule has 0 bridgehead atoms. The fourth-order valence-electron chi connectivity index (χ4n) is 2.72. The van der Waals surface area contributed by atoms with Crippen LogP contribution in [0.3, 0.4) is 0 Å². The topological polar surface area (TPSA) is 49.4 Å². The number of thioether (sulfide) groups is 1. The highest BCUT2D eigenvalue weighted by Crippen LogP contribution is 2.21. The molecule has 1 atom stereocenters. The van der Waals surface area contributed by atoms with E-state index < -0.39 is 6.04 Å². The largest absolute Gasteiger partial charge is 0.354 e. The van der Waals surface area contributed by atoms with Gasteiger partial charge in [-0.15, -0.1) is 11.8 Å². The van der Waals surface area contributed by atoms with Gasteiger partial charge in [-0.2, -0.15) is 0 Å². The molecule has 0 aliphatic carbocycles. The number of rotatable bonds is 10. The predicted molar refractivity (Wildman–Crippen MR) is 117 cm³/mol. The van der Waals surface area contributed by atoms with Crippen LogP contribution in [0.5, 0.6) is 0 Å². The maximum Gasteiger partial charge on any atom is 0.242 e. The average Bonchev–Trinajstić information content (AvgIpc) is 2.72. The smallest absolute Gasteiger partial charge is 0.242 e. The van der Waals surface area contributed by atoms with Gasteiger partial charge in [0.05, 0.1) is 5.75 Å². The van der Waals surface area contributed by atoms with Gasteiger partial charge in [0.15, 0.2) is 0 Å². The van der Waals surface area contributed by atoms with Crippen molar-refractivity contribution in [1.82, 2.24) is 10.2 Å². The Balaban J connectivity index is 2.03. The molecule has 28 heavy (non-hydrogen) atoms. The molecule has 0 heterocycles. The van der Waals surface area contributed by atoms with Gasteiger partial charge >= 0.3 is 0 Å². The van der Waals surface area contributed by atoms with Crippen molar-refractivity contribution < 1.29 is 9.59 Å². The lowest BCUT2D eigenvalue weighted by Crippen LogP contribution is -2.49. The van der Waals surface area contributed by atoms with Gasteiger partial charge < -0.3 is 10.2 Å². The normalized spacial score (nSPS) is 11.7. The number of carbonyl (C=O) groups excluding carboxylic acids is 2. The summed E-state index contributed by atoms with van der Waals surface area (Å²) in [6, 6.07) is 16.9. The van der Waals surface area contributed by atoms with E-state index in [0.717, 1.165) is 16.9 Å². The van der Waals surface area contributed by atoms with E-state index in [1.54, 1.807) is 11.8 Å². The Morgan fingerprint density at radius 3 is 2.43 bits per heavy atom. The molecule has 4 nitrogen and oxygen atoms in total. The van der Waals surface area contributed by atoms with Gasteiger partial charge in [-0.3, -0.25) is 9.59 Å². The molecule has 0 fully saturated rings. The summed E-state index contributed by atoms with van der Waals surface area (Å²) in [6.45, 7) is 4.92. The molecular weight excluding hydrogens is 392 g/mol. The molecule has 2 aromatic rings. The Kier molecular flexibility index (Phi) is 9.38. The number of nitrogens with one attached hydrogen (secondary N) is 1. The fraction of sp³-hybridized carbons (Fsp3) is 0.364. The number of halogens is 1. The van der Waals surface area contributed by atoms with Crippen LogP contribution in [0, 0.1) is 0 Å². The van der Waals surface area contributed by atoms with Crippen LogP contribution in [0.15, 0.2) is 59.5 Å². The van der Waals surface area contributed by atoms with Gasteiger partial charge in [0, 0.05) is 23.0 Å². The molecule has 0 saturated carbocycles. The highest BCUT2D eigenvalue weighted by atomic mass is 35.5. The van der Waals surface area contributed by atoms with Crippen LogP contribution in [-0.2, 0) is 16.0 Å². The van der Waals surface area contributed by atoms with Crippen molar-refractivity contribution in [2.24, 2.45) is 0 Å². The second-order valence-corrected chi connectivity index (χ2v) is 8.02. The number of carbonyl (C=O) groups is 2. The zero-order chi connectivity index (χ0) is 20.4. The van der Waals surface area contributed by atoms with Gasteiger partial charge in [0.2, 0.25) is 11.8 Å². The third-order valence-corrected chi connectivity index (χ3v) is 5.63. The van der Waals surface area contributed by atoms with Crippen molar-refractivity contribution in [3.63, 3.8) is 0 Å². The Labute approximate surface area is 176 Å². The molecule has 0 unspecified atom stereocenters. The standard InChI is InChI=1S/C22H27ClN2O2S/c1-3-14-24-22(27)17(2)25(15-13-18-7-5-4-6-8-18)21(26)16-28-20-11-9-19(23)10-12-20/h4-12,17H,3,13-16H2,1-2H3,(H,24,27)/t17-/m0/s1. The zero-order valence-corrected chi connectivity index (χ0v) is 17.9. The van der Waals surface area contributed by atoms with Crippen molar-refractivity contribution in [2.45, 2.75) is 37.6 Å². The molecular formula is C22H27ClN2O2S. The quantitative estimate of drug-likeness (QED) is 0.581. The summed E-state index contributed by atoms with van der Waals surface area (Å²) in [4.78, 5) is 28.0. The van der Waals surface area contributed by atoms with Crippen LogP contribution >= 0.6 is 23.4 Å². The summed E-state index contributed by atoms with van der Waals surface area (Å²) >= 11 is 7.37. The van der Waals surface area contributed by atoms with E-state index in [9.17, 15) is 9.59 Å². The van der Waals surface area contributed by atoms with Crippen LogP contribution in [0.2, 0.25) is 5.02 Å². The first-order valence-corrected chi connectivity index (χ1v) is 10.9. The van der Waals surface area contributed by atoms with E-state index in [2.05, 4.69) is 5.32 Å². The SMILES string of the molecule is CCCNC(=O)[C@H](C)N(CCc1ccccc1)C(=O)CSc1ccc(Cl)cc1. The average molecular weight is 419 g/mol. The van der Waals surface area contributed by atoms with Crippen LogP contribution in [-0.4, -0.2) is 41.6 Å². The van der Waals surface area contributed by atoms with E-state index in [1.165, 1.54) is 11.8 Å². The summed E-state index contributed by atoms with van der Waals surface area (Å²) in [5, 5.41) is 3.56. The van der Waals surface area contributed by atoms with Crippen LogP contribution < -0.4 is 5.32 Å². The number of hydrogen-bond acceptors (Lipinski definition) is 3. The molecule has 1 N–H and O–H groups in total. The molecule has 0 saturated heterocycles. The maximum absolute atomic E-state index is 12.9. The van der Waals surface area contributed by atoms with Crippen LogP contribution in [0.25, 0.3) is 0 Å². The minimum atomic E-state index is -0.506. The minimum Gasteiger partial charge on any atom is -0.354 e. The molecule has 0 radical (unpaired) electrons. The first kappa shape index (κ1) is 22.3. The van der Waals surface area contributed by atoms with Gasteiger partial charge in [-0.05, 0) is 49.6 Å². The summed E-state index contributed by atoms with van der Waals surface area (Å²) in [6.07, 6.45) is 1.58. The third-order valence-electron chi connectivity index (χ3n) is 4.38. The fourth-order valence-corrected chi connectivity index (χ4v) is 3.64. The molecule has 150 valence electrons. The summed E-state index contributed by atoms with van der Waals surface area (Å²) in [5.41, 5.74) is 1.15. The maximum atomic E-state index is 12.9. The number of benzene rings is 2. The van der Waals surface area contributed by atoms with E-state index in [4.69, 9.17) is 11.6 Å². The number of amides is 2. The van der Waals surface area contributed by atoms with Crippen molar-refractivity contribution in [3.8, 4) is 0 Å². The van der Waals surface area contributed by atoms with Crippen molar-refractivity contribution in [2.75, 3.05) is 18.8 Å². The Bertz CT molecular complexity index is 753. The molecule has 0 spiro atoms. The lowest BCUT2D eigenvalue weighted by molar-refractivity contribution is -0.137. The minimum absolute atomic E-state index is 0.0463. The molecule has 2 aromatic carbocycles. The highest BCUT2D eigenvalue weighted by molar-refractivity contribution is 8.00. The monoisotopic (exact) mass is 418 g/mol. The van der Waals surface area contributed by atoms with Gasteiger partial charge in [0.25, 0.3) is 0 Å². The lowest BCUT2D eigenvalue weighted by atomic mass is 10.1. The Morgan fingerprint density at radius 1 is 1.11 bits per heavy atom. The van der Waals surface area contributed by atoms with Crippen LogP contribution in [0.4, 0.5) is 0 Å². The summed E-state index contributed by atoms with van der Waals surface area (Å²) in [7, 11) is 0. The molecule has 2 rings (SSSR count). The van der Waals surface area contributed by atoms with Crippen LogP contribution in [0.1, 0.15) is 25.8 Å². The molecule has 0 aromatic heterocycles. The highest BCUT2D eigenvalue weighted by Gasteiger charge is 2.25. The van der Waals surface area contributed by atoms with E-state index in [0.29, 0.717) is 24.5 Å². The first-order chi connectivity index (χ1) is 13.5. The van der Waals surface area contributed by atoms with Gasteiger partial charge in [0.1, 0.15) is 6.04 Å². The van der Waals surface area contributed by atoms with E-state index >= 15 is 0 Å². The molecule has 0 aliphatic heterocycles. The number of hydrogen-bond donors (Lipinski definition) is 1. The van der Waals surface area contributed by atoms with Gasteiger partial charge in [-0.25, -0.2) is 0 Å². The summed E-state index contributed by atoms with van der Waals surface area (Å²) in [5.74, 6) is 0.122. The second kappa shape index (κ2) is 11.8. The van der Waals surface area contributed by atoms with E-state index in [1.807, 2.05) is 61.5 Å². The number of nitrogens with zero attached hydrogens (tertiary/aromatic N) is 1. The Hall–Kier alpha value is -1.98. The van der Waals surface area contributed by atoms with Gasteiger partial charge in [-0.1, -0.05) is 48.9 Å². The zero-order valence-electron chi connectivity index (χ0n) is 16.4. The lowest BCUT2D eigenvalue weighted by Gasteiger charge is -2.28. The van der Waals surface area contributed by atoms with E-state index in [-0.39, 0.29) is 17.6 Å². The third kappa shape index (κ3) is 7.21. The van der Waals surface area contributed by atoms with Crippen molar-refractivity contribution in [3.05, 3.63) is 65.2 Å². The first-order valence-electron chi connectivity index (χ1n) is 9.50. The van der Waals surface area contributed by atoms with Crippen molar-refractivity contribution in [1.29, 1.82) is 0 Å². The Morgan fingerprint density at radius 2 is 1.79 bits per heavy atom. The second-order valence-electron chi connectivity index (χ2n) is 6.53. The van der Waals surface area contributed by atoms with Crippen molar-refractivity contribution >= 4 is 35.2 Å². The molecule has 0 aliphatic rings. The molecule has 6 heteroatoms. The summed E-state index contributed by atoms with van der Waals surface area (Å²) < 4.78 is 0. The predicted octanol–water partition coefficient (Wildman–Crippen LogP) is 4.42.